The molecule has 0 saturated carbocycles. The van der Waals surface area contributed by atoms with Gasteiger partial charge in [-0.15, -0.1) is 0 Å². The molecule has 216 valence electrons. The molecule has 1 N–H and O–H groups in total. The highest BCUT2D eigenvalue weighted by Crippen LogP contribution is 2.41. The van der Waals surface area contributed by atoms with Crippen molar-refractivity contribution in [2.45, 2.75) is 50.5 Å². The number of piperidine rings is 1. The number of para-hydroxylation sites is 1. The Hall–Kier alpha value is -3.79. The Kier molecular flexibility index (Phi) is 7.17. The third-order valence-electron chi connectivity index (χ3n) is 8.54. The lowest BCUT2D eigenvalue weighted by molar-refractivity contribution is -0.0592. The van der Waals surface area contributed by atoms with Crippen LogP contribution in [0.25, 0.3) is 17.1 Å². The molecule has 3 aliphatic heterocycles. The summed E-state index contributed by atoms with van der Waals surface area (Å²) in [5.74, 6) is 0.619. The van der Waals surface area contributed by atoms with Crippen LogP contribution in [0.4, 0.5) is 4.39 Å². The Bertz CT molecular complexity index is 1690. The van der Waals surface area contributed by atoms with E-state index in [1.807, 2.05) is 18.2 Å². The Morgan fingerprint density at radius 2 is 1.98 bits per heavy atom. The molecule has 3 aliphatic rings. The van der Waals surface area contributed by atoms with Crippen LogP contribution in [0.5, 0.6) is 5.75 Å². The zero-order chi connectivity index (χ0) is 28.8. The van der Waals surface area contributed by atoms with Crippen molar-refractivity contribution in [1.82, 2.24) is 19.4 Å². The number of nitrogens with zero attached hydrogens (tertiary/aromatic N) is 4. The molecule has 2 atom stereocenters. The molecule has 42 heavy (non-hydrogen) atoms. The van der Waals surface area contributed by atoms with Gasteiger partial charge in [0.2, 0.25) is 0 Å². The molecule has 4 aromatic rings. The molecular weight excluding hydrogens is 559 g/mol. The number of halogens is 2. The third kappa shape index (κ3) is 5.17. The summed E-state index contributed by atoms with van der Waals surface area (Å²) in [5, 5.41) is 9.52. The van der Waals surface area contributed by atoms with Gasteiger partial charge in [-0.3, -0.25) is 9.88 Å². The van der Waals surface area contributed by atoms with Crippen molar-refractivity contribution in [3.05, 3.63) is 93.8 Å². The largest absolute Gasteiger partial charge is 0.479 e. The number of aromatic carboxylic acids is 1. The summed E-state index contributed by atoms with van der Waals surface area (Å²) in [6.45, 7) is 3.89. The van der Waals surface area contributed by atoms with E-state index in [1.54, 1.807) is 18.2 Å². The van der Waals surface area contributed by atoms with Gasteiger partial charge < -0.3 is 19.1 Å². The Morgan fingerprint density at radius 1 is 1.14 bits per heavy atom. The van der Waals surface area contributed by atoms with Gasteiger partial charge in [0, 0.05) is 24.4 Å². The van der Waals surface area contributed by atoms with Gasteiger partial charge in [-0.05, 0) is 68.1 Å². The summed E-state index contributed by atoms with van der Waals surface area (Å²) in [5.41, 5.74) is 4.54. The molecule has 0 spiro atoms. The number of aromatic nitrogens is 3. The van der Waals surface area contributed by atoms with Crippen LogP contribution in [0.2, 0.25) is 5.02 Å². The van der Waals surface area contributed by atoms with E-state index in [4.69, 9.17) is 26.1 Å². The first-order valence-electron chi connectivity index (χ1n) is 14.3. The second kappa shape index (κ2) is 11.1. The van der Waals surface area contributed by atoms with Gasteiger partial charge in [0.1, 0.15) is 17.4 Å². The molecule has 2 saturated heterocycles. The number of likely N-dealkylation sites (tertiary alicyclic amines) is 1. The highest BCUT2D eigenvalue weighted by atomic mass is 35.5. The summed E-state index contributed by atoms with van der Waals surface area (Å²) in [6, 6.07) is 12.7. The molecule has 2 unspecified atom stereocenters. The van der Waals surface area contributed by atoms with Crippen molar-refractivity contribution in [2.75, 3.05) is 19.7 Å². The topological polar surface area (TPSA) is 89.7 Å². The molecule has 2 aromatic carbocycles. The zero-order valence-electron chi connectivity index (χ0n) is 22.9. The maximum Gasteiger partial charge on any atom is 0.335 e. The molecule has 8 nitrogen and oxygen atoms in total. The minimum atomic E-state index is -0.946. The van der Waals surface area contributed by atoms with Gasteiger partial charge in [0.15, 0.2) is 6.10 Å². The second-order valence-electron chi connectivity index (χ2n) is 11.2. The fourth-order valence-corrected chi connectivity index (χ4v) is 6.23. The van der Waals surface area contributed by atoms with Crippen LogP contribution in [-0.4, -0.2) is 56.3 Å². The first-order chi connectivity index (χ1) is 20.4. The van der Waals surface area contributed by atoms with Crippen molar-refractivity contribution < 1.29 is 23.8 Å². The monoisotopic (exact) mass is 588 g/mol. The van der Waals surface area contributed by atoms with Crippen molar-refractivity contribution in [3.8, 4) is 5.75 Å². The lowest BCUT2D eigenvalue weighted by Gasteiger charge is -2.34. The predicted molar refractivity (Wildman–Crippen MR) is 156 cm³/mol. The molecule has 2 fully saturated rings. The van der Waals surface area contributed by atoms with Gasteiger partial charge in [-0.2, -0.15) is 0 Å². The minimum Gasteiger partial charge on any atom is -0.479 e. The van der Waals surface area contributed by atoms with Crippen LogP contribution >= 0.6 is 11.6 Å². The molecule has 0 radical (unpaired) electrons. The van der Waals surface area contributed by atoms with Crippen LogP contribution in [0.3, 0.4) is 0 Å². The number of benzene rings is 2. The number of fused-ring (bicyclic) bond motifs is 2. The first-order valence-corrected chi connectivity index (χ1v) is 14.7. The number of ether oxygens (including phenoxy) is 2. The van der Waals surface area contributed by atoms with E-state index in [9.17, 15) is 14.3 Å². The van der Waals surface area contributed by atoms with Gasteiger partial charge in [-0.25, -0.2) is 14.2 Å². The number of imidazole rings is 1. The number of carbonyl (C=O) groups is 1. The van der Waals surface area contributed by atoms with E-state index in [2.05, 4.69) is 26.6 Å². The van der Waals surface area contributed by atoms with Crippen LogP contribution in [0.15, 0.2) is 54.7 Å². The Balaban J connectivity index is 1.08. The molecule has 0 aliphatic carbocycles. The van der Waals surface area contributed by atoms with Crippen LogP contribution < -0.4 is 4.74 Å². The van der Waals surface area contributed by atoms with Crippen LogP contribution in [0, 0.1) is 5.82 Å². The SMILES string of the molecule is O=C(O)c1ccc2nc(CN3CCC(c4cccc5c4OC(c4cc(F)c(Cl)cn4)C=C5)CC3)n(CC3CCO3)c2c1. The summed E-state index contributed by atoms with van der Waals surface area (Å²) in [6.07, 6.45) is 7.77. The van der Waals surface area contributed by atoms with Crippen molar-refractivity contribution in [1.29, 1.82) is 0 Å². The average Bonchev–Trinajstić information content (AvgIpc) is 3.32. The molecule has 5 heterocycles. The number of rotatable bonds is 7. The molecular formula is C32H30ClFN4O4. The van der Waals surface area contributed by atoms with Crippen LogP contribution in [-0.2, 0) is 17.8 Å². The van der Waals surface area contributed by atoms with E-state index in [1.165, 1.54) is 12.3 Å². The first kappa shape index (κ1) is 27.1. The van der Waals surface area contributed by atoms with Crippen molar-refractivity contribution >= 4 is 34.7 Å². The smallest absolute Gasteiger partial charge is 0.335 e. The van der Waals surface area contributed by atoms with Crippen molar-refractivity contribution in [3.63, 3.8) is 0 Å². The Morgan fingerprint density at radius 3 is 2.71 bits per heavy atom. The number of hydrogen-bond donors (Lipinski definition) is 1. The van der Waals surface area contributed by atoms with E-state index in [-0.39, 0.29) is 16.7 Å². The Labute approximate surface area is 247 Å². The fourth-order valence-electron chi connectivity index (χ4n) is 6.13. The number of pyridine rings is 1. The number of hydrogen-bond acceptors (Lipinski definition) is 6. The van der Waals surface area contributed by atoms with E-state index in [0.29, 0.717) is 24.7 Å². The third-order valence-corrected chi connectivity index (χ3v) is 8.82. The summed E-state index contributed by atoms with van der Waals surface area (Å²) in [7, 11) is 0. The number of carboxylic acids is 1. The molecule has 2 aromatic heterocycles. The normalized spacial score (nSPS) is 20.7. The zero-order valence-corrected chi connectivity index (χ0v) is 23.6. The summed E-state index contributed by atoms with van der Waals surface area (Å²) in [4.78, 5) is 23.2. The molecule has 10 heteroatoms. The summed E-state index contributed by atoms with van der Waals surface area (Å²) >= 11 is 5.84. The second-order valence-corrected chi connectivity index (χ2v) is 11.6. The molecule has 0 bridgehead atoms. The number of carboxylic acid groups (broad SMARTS) is 1. The van der Waals surface area contributed by atoms with Gasteiger partial charge in [0.25, 0.3) is 0 Å². The lowest BCUT2D eigenvalue weighted by atomic mass is 9.87. The minimum absolute atomic E-state index is 0.0108. The highest BCUT2D eigenvalue weighted by molar-refractivity contribution is 6.30. The summed E-state index contributed by atoms with van der Waals surface area (Å²) < 4.78 is 28.4. The predicted octanol–water partition coefficient (Wildman–Crippen LogP) is 6.24. The van der Waals surface area contributed by atoms with Crippen molar-refractivity contribution in [2.24, 2.45) is 0 Å². The standard InChI is InChI=1S/C32H30ClFN4O4/c33-24-16-35-27(15-25(24)34)29-7-5-20-2-1-3-23(31(20)42-29)19-8-11-37(12-9-19)18-30-36-26-6-4-21(32(39)40)14-28(26)38(30)17-22-10-13-41-22/h1-7,14-16,19,22,29H,8-13,17-18H2,(H,39,40). The fraction of sp³-hybridized carbons (Fsp3) is 0.344. The lowest BCUT2D eigenvalue weighted by Crippen LogP contribution is -2.35. The van der Waals surface area contributed by atoms with Gasteiger partial charge >= 0.3 is 5.97 Å². The maximum atomic E-state index is 14.1. The van der Waals surface area contributed by atoms with Gasteiger partial charge in [-0.1, -0.05) is 35.9 Å². The average molecular weight is 589 g/mol. The molecule has 7 rings (SSSR count). The quantitative estimate of drug-likeness (QED) is 0.273. The maximum absolute atomic E-state index is 14.1. The van der Waals surface area contributed by atoms with E-state index >= 15 is 0 Å². The van der Waals surface area contributed by atoms with Crippen LogP contribution in [0.1, 0.15) is 64.3 Å². The van der Waals surface area contributed by atoms with E-state index < -0.39 is 17.9 Å². The molecule has 0 amide bonds. The van der Waals surface area contributed by atoms with E-state index in [0.717, 1.165) is 72.7 Å². The highest BCUT2D eigenvalue weighted by Gasteiger charge is 2.29. The van der Waals surface area contributed by atoms with Gasteiger partial charge in [0.05, 0.1) is 46.5 Å².